The van der Waals surface area contributed by atoms with E-state index in [2.05, 4.69) is 74.2 Å². The predicted octanol–water partition coefficient (Wildman–Crippen LogP) is 7.63. The zero-order valence-electron chi connectivity index (χ0n) is 18.4. The summed E-state index contributed by atoms with van der Waals surface area (Å²) >= 11 is 0. The Kier molecular flexibility index (Phi) is 6.15. The molecular weight excluding hydrogens is 348 g/mol. The molecule has 3 aliphatic rings. The van der Waals surface area contributed by atoms with Crippen molar-refractivity contribution in [2.24, 2.45) is 5.41 Å². The molecule has 0 amide bonds. The van der Waals surface area contributed by atoms with E-state index in [4.69, 9.17) is 0 Å². The second-order valence-electron chi connectivity index (χ2n) is 9.56. The Morgan fingerprint density at radius 2 is 1.28 bits per heavy atom. The van der Waals surface area contributed by atoms with Crippen molar-refractivity contribution in [2.45, 2.75) is 89.9 Å². The van der Waals surface area contributed by atoms with Gasteiger partial charge in [-0.25, -0.2) is 0 Å². The Labute approximate surface area is 178 Å². The lowest BCUT2D eigenvalue weighted by atomic mass is 9.52. The highest BCUT2D eigenvalue weighted by molar-refractivity contribution is 5.39. The molecule has 0 heterocycles. The van der Waals surface area contributed by atoms with Crippen LogP contribution in [0, 0.1) is 17.3 Å². The molecule has 0 atom stereocenters. The summed E-state index contributed by atoms with van der Waals surface area (Å²) in [5.74, 6) is 7.27. The van der Waals surface area contributed by atoms with Crippen molar-refractivity contribution in [3.63, 3.8) is 0 Å². The molecule has 0 heteroatoms. The summed E-state index contributed by atoms with van der Waals surface area (Å²) in [5.41, 5.74) is 6.40. The Morgan fingerprint density at radius 3 is 1.86 bits per heavy atom. The monoisotopic (exact) mass is 384 g/mol. The molecule has 29 heavy (non-hydrogen) atoms. The Balaban J connectivity index is 1.42. The topological polar surface area (TPSA) is 0 Å². The van der Waals surface area contributed by atoms with E-state index in [1.54, 1.807) is 5.56 Å². The number of fused-ring (bicyclic) bond motifs is 3. The predicted molar refractivity (Wildman–Crippen MR) is 124 cm³/mol. The molecular formula is C29H36. The van der Waals surface area contributed by atoms with Gasteiger partial charge in [0.1, 0.15) is 0 Å². The van der Waals surface area contributed by atoms with E-state index in [1.807, 2.05) is 0 Å². The Hall–Kier alpha value is -2.00. The molecule has 0 N–H and O–H groups in total. The molecule has 2 bridgehead atoms. The summed E-state index contributed by atoms with van der Waals surface area (Å²) in [7, 11) is 0. The van der Waals surface area contributed by atoms with Gasteiger partial charge in [-0.1, -0.05) is 74.9 Å². The van der Waals surface area contributed by atoms with Gasteiger partial charge in [0.2, 0.25) is 0 Å². The van der Waals surface area contributed by atoms with Gasteiger partial charge >= 0.3 is 0 Å². The van der Waals surface area contributed by atoms with Crippen LogP contribution in [0.15, 0.2) is 48.5 Å². The van der Waals surface area contributed by atoms with Gasteiger partial charge in [0, 0.05) is 11.0 Å². The van der Waals surface area contributed by atoms with Crippen LogP contribution in [0.1, 0.15) is 93.9 Å². The lowest BCUT2D eigenvalue weighted by Gasteiger charge is -2.51. The fourth-order valence-corrected chi connectivity index (χ4v) is 5.46. The van der Waals surface area contributed by atoms with Gasteiger partial charge in [-0.15, -0.1) is 0 Å². The number of benzene rings is 2. The SMILES string of the molecule is CCCCc1ccc(C23CCC(C#Cc4ccc(CCC)cc4)(CC2)CC3)cc1. The van der Waals surface area contributed by atoms with Crippen molar-refractivity contribution in [1.82, 2.24) is 0 Å². The van der Waals surface area contributed by atoms with Crippen LogP contribution >= 0.6 is 0 Å². The summed E-state index contributed by atoms with van der Waals surface area (Å²) < 4.78 is 0. The molecule has 3 saturated carbocycles. The van der Waals surface area contributed by atoms with E-state index in [0.717, 1.165) is 0 Å². The highest BCUT2D eigenvalue weighted by Gasteiger charge is 2.48. The summed E-state index contributed by atoms with van der Waals surface area (Å²) in [4.78, 5) is 0. The minimum atomic E-state index is 0.269. The van der Waals surface area contributed by atoms with E-state index in [9.17, 15) is 0 Å². The third-order valence-corrected chi connectivity index (χ3v) is 7.60. The normalized spacial score (nSPS) is 25.4. The maximum absolute atomic E-state index is 3.74. The van der Waals surface area contributed by atoms with Crippen LogP contribution in [-0.4, -0.2) is 0 Å². The first-order valence-electron chi connectivity index (χ1n) is 11.9. The quantitative estimate of drug-likeness (QED) is 0.449. The zero-order valence-corrected chi connectivity index (χ0v) is 18.4. The van der Waals surface area contributed by atoms with Gasteiger partial charge in [-0.05, 0) is 92.0 Å². The zero-order chi connectivity index (χ0) is 20.2. The van der Waals surface area contributed by atoms with Crippen LogP contribution in [-0.2, 0) is 18.3 Å². The smallest absolute Gasteiger partial charge is 0.0319 e. The van der Waals surface area contributed by atoms with Gasteiger partial charge < -0.3 is 0 Å². The molecule has 0 saturated heterocycles. The van der Waals surface area contributed by atoms with Crippen molar-refractivity contribution >= 4 is 0 Å². The molecule has 3 aliphatic carbocycles. The van der Waals surface area contributed by atoms with Gasteiger partial charge in [0.05, 0.1) is 0 Å². The minimum absolute atomic E-state index is 0.269. The van der Waals surface area contributed by atoms with Crippen molar-refractivity contribution in [3.8, 4) is 11.8 Å². The minimum Gasteiger partial charge on any atom is -0.0911 e. The van der Waals surface area contributed by atoms with E-state index in [-0.39, 0.29) is 5.41 Å². The Bertz CT molecular complexity index is 832. The number of hydrogen-bond donors (Lipinski definition) is 0. The summed E-state index contributed by atoms with van der Waals surface area (Å²) in [6, 6.07) is 18.6. The lowest BCUT2D eigenvalue weighted by molar-refractivity contribution is 0.0865. The van der Waals surface area contributed by atoms with Crippen LogP contribution in [0.2, 0.25) is 0 Å². The molecule has 0 unspecified atom stereocenters. The summed E-state index contributed by atoms with van der Waals surface area (Å²) in [6.45, 7) is 4.51. The van der Waals surface area contributed by atoms with Crippen molar-refractivity contribution in [1.29, 1.82) is 0 Å². The second-order valence-corrected chi connectivity index (χ2v) is 9.56. The van der Waals surface area contributed by atoms with Crippen LogP contribution in [0.25, 0.3) is 0 Å². The van der Waals surface area contributed by atoms with Crippen molar-refractivity contribution in [3.05, 3.63) is 70.8 Å². The van der Waals surface area contributed by atoms with Crippen molar-refractivity contribution < 1.29 is 0 Å². The van der Waals surface area contributed by atoms with E-state index < -0.39 is 0 Å². The molecule has 2 aromatic rings. The standard InChI is InChI=1S/C29H36/c1-3-5-7-25-12-14-27(15-13-25)29-21-18-28(19-22-29,20-23-29)17-16-26-10-8-24(6-4-2)9-11-26/h8-15H,3-7,18-23H2,1-2H3. The molecule has 3 fully saturated rings. The molecule has 0 radical (unpaired) electrons. The average molecular weight is 385 g/mol. The van der Waals surface area contributed by atoms with Crippen LogP contribution in [0.4, 0.5) is 0 Å². The van der Waals surface area contributed by atoms with Crippen LogP contribution in [0.3, 0.4) is 0 Å². The van der Waals surface area contributed by atoms with Gasteiger partial charge in [0.15, 0.2) is 0 Å². The fraction of sp³-hybridized carbons (Fsp3) is 0.517. The van der Waals surface area contributed by atoms with Gasteiger partial charge in [0.25, 0.3) is 0 Å². The average Bonchev–Trinajstić information content (AvgIpc) is 2.79. The van der Waals surface area contributed by atoms with Gasteiger partial charge in [-0.3, -0.25) is 0 Å². The van der Waals surface area contributed by atoms with E-state index >= 15 is 0 Å². The fourth-order valence-electron chi connectivity index (χ4n) is 5.46. The van der Waals surface area contributed by atoms with E-state index in [0.29, 0.717) is 5.41 Å². The maximum atomic E-state index is 3.74. The summed E-state index contributed by atoms with van der Waals surface area (Å²) in [6.07, 6.45) is 13.9. The molecule has 5 rings (SSSR count). The highest BCUT2D eigenvalue weighted by atomic mass is 14.5. The highest BCUT2D eigenvalue weighted by Crippen LogP contribution is 2.57. The lowest BCUT2D eigenvalue weighted by Crippen LogP contribution is -2.43. The number of aryl methyl sites for hydroxylation is 2. The molecule has 0 aliphatic heterocycles. The molecule has 0 aromatic heterocycles. The first-order chi connectivity index (χ1) is 14.2. The third kappa shape index (κ3) is 4.45. The molecule has 152 valence electrons. The molecule has 0 nitrogen and oxygen atoms in total. The summed E-state index contributed by atoms with van der Waals surface area (Å²) in [5, 5.41) is 0. The van der Waals surface area contributed by atoms with Crippen LogP contribution < -0.4 is 0 Å². The first-order valence-corrected chi connectivity index (χ1v) is 11.9. The Morgan fingerprint density at radius 1 is 0.690 bits per heavy atom. The maximum Gasteiger partial charge on any atom is 0.0319 e. The third-order valence-electron chi connectivity index (χ3n) is 7.60. The van der Waals surface area contributed by atoms with Crippen LogP contribution in [0.5, 0.6) is 0 Å². The molecule has 0 spiro atoms. The van der Waals surface area contributed by atoms with E-state index in [1.165, 1.54) is 87.3 Å². The molecule has 2 aromatic carbocycles. The van der Waals surface area contributed by atoms with Crippen molar-refractivity contribution in [2.75, 3.05) is 0 Å². The number of unbranched alkanes of at least 4 members (excludes halogenated alkanes) is 1. The second kappa shape index (κ2) is 8.79. The van der Waals surface area contributed by atoms with Gasteiger partial charge in [-0.2, -0.15) is 0 Å². The first kappa shape index (κ1) is 20.3. The number of rotatable bonds is 6. The largest absolute Gasteiger partial charge is 0.0911 e. The number of hydrogen-bond acceptors (Lipinski definition) is 0.